The van der Waals surface area contributed by atoms with Gasteiger partial charge in [0.25, 0.3) is 0 Å². The monoisotopic (exact) mass is 389 g/mol. The van der Waals surface area contributed by atoms with E-state index in [2.05, 4.69) is 55.4 Å². The molecule has 1 aromatic carbocycles. The molecule has 2 unspecified atom stereocenters. The van der Waals surface area contributed by atoms with Crippen molar-refractivity contribution in [1.29, 1.82) is 0 Å². The summed E-state index contributed by atoms with van der Waals surface area (Å²) in [4.78, 5) is 26.0. The molecule has 6 heteroatoms. The largest absolute Gasteiger partial charge is 0.373 e. The Bertz CT molecular complexity index is 620. The fourth-order valence-corrected chi connectivity index (χ4v) is 3.38. The number of morpholine rings is 1. The van der Waals surface area contributed by atoms with Gasteiger partial charge in [-0.3, -0.25) is 14.5 Å². The van der Waals surface area contributed by atoms with Gasteiger partial charge in [0, 0.05) is 32.6 Å². The molecule has 6 nitrogen and oxygen atoms in total. The van der Waals surface area contributed by atoms with E-state index in [9.17, 15) is 9.59 Å². The van der Waals surface area contributed by atoms with Gasteiger partial charge < -0.3 is 15.4 Å². The van der Waals surface area contributed by atoms with Crippen LogP contribution in [0.25, 0.3) is 0 Å². The normalized spacial score (nSPS) is 20.2. The summed E-state index contributed by atoms with van der Waals surface area (Å²) >= 11 is 0. The van der Waals surface area contributed by atoms with Crippen molar-refractivity contribution in [3.8, 4) is 0 Å². The first-order chi connectivity index (χ1) is 13.3. The van der Waals surface area contributed by atoms with Crippen molar-refractivity contribution < 1.29 is 14.3 Å². The van der Waals surface area contributed by atoms with Gasteiger partial charge in [0.15, 0.2) is 0 Å². The van der Waals surface area contributed by atoms with Crippen LogP contribution in [0, 0.1) is 5.92 Å². The number of rotatable bonds is 9. The van der Waals surface area contributed by atoms with E-state index in [4.69, 9.17) is 4.74 Å². The Labute approximate surface area is 169 Å². The van der Waals surface area contributed by atoms with Crippen LogP contribution in [0.5, 0.6) is 0 Å². The molecule has 1 aliphatic rings. The summed E-state index contributed by atoms with van der Waals surface area (Å²) in [7, 11) is 0. The topological polar surface area (TPSA) is 70.7 Å². The Morgan fingerprint density at radius 3 is 2.25 bits per heavy atom. The molecule has 2 N–H and O–H groups in total. The summed E-state index contributed by atoms with van der Waals surface area (Å²) in [6.45, 7) is 11.7. The molecule has 1 fully saturated rings. The van der Waals surface area contributed by atoms with Gasteiger partial charge in [-0.05, 0) is 37.3 Å². The number of hydrogen-bond acceptors (Lipinski definition) is 4. The Balaban J connectivity index is 1.69. The maximum atomic E-state index is 11.9. The zero-order valence-corrected chi connectivity index (χ0v) is 17.7. The summed E-state index contributed by atoms with van der Waals surface area (Å²) in [5.41, 5.74) is 2.31. The van der Waals surface area contributed by atoms with Gasteiger partial charge in [-0.1, -0.05) is 38.1 Å². The van der Waals surface area contributed by atoms with Crippen LogP contribution in [0.1, 0.15) is 51.7 Å². The van der Waals surface area contributed by atoms with Crippen molar-refractivity contribution in [3.05, 3.63) is 35.4 Å². The lowest BCUT2D eigenvalue weighted by atomic mass is 10.1. The predicted molar refractivity (Wildman–Crippen MR) is 111 cm³/mol. The summed E-state index contributed by atoms with van der Waals surface area (Å²) < 4.78 is 5.78. The molecule has 28 heavy (non-hydrogen) atoms. The smallest absolute Gasteiger partial charge is 0.239 e. The first kappa shape index (κ1) is 22.4. The Morgan fingerprint density at radius 2 is 1.64 bits per heavy atom. The summed E-state index contributed by atoms with van der Waals surface area (Å²) in [5.74, 6) is 0.246. The number of carbonyl (C=O) groups excluding carboxylic acids is 2. The number of nitrogens with one attached hydrogen (secondary N) is 2. The summed E-state index contributed by atoms with van der Waals surface area (Å²) in [5, 5.41) is 5.52. The molecular weight excluding hydrogens is 354 g/mol. The van der Waals surface area contributed by atoms with Crippen molar-refractivity contribution in [2.24, 2.45) is 5.92 Å². The van der Waals surface area contributed by atoms with Crippen LogP contribution in [-0.2, 0) is 27.4 Å². The first-order valence-corrected chi connectivity index (χ1v) is 10.3. The SMILES string of the molecule is CC(C)CCC(=O)NCC(=O)NCc1ccc(CN2CC(C)OC(C)C2)cc1. The van der Waals surface area contributed by atoms with E-state index in [1.165, 1.54) is 5.56 Å². The standard InChI is InChI=1S/C22H35N3O3/c1-16(2)5-10-21(26)24-12-22(27)23-11-19-6-8-20(9-7-19)15-25-13-17(3)28-18(4)14-25/h6-9,16-18H,5,10-15H2,1-4H3,(H,23,27)(H,24,26). The summed E-state index contributed by atoms with van der Waals surface area (Å²) in [6.07, 6.45) is 1.84. The highest BCUT2D eigenvalue weighted by Gasteiger charge is 2.21. The van der Waals surface area contributed by atoms with Crippen LogP contribution in [0.4, 0.5) is 0 Å². The molecule has 1 saturated heterocycles. The minimum atomic E-state index is -0.168. The van der Waals surface area contributed by atoms with E-state index in [0.717, 1.165) is 31.6 Å². The van der Waals surface area contributed by atoms with Crippen LogP contribution < -0.4 is 10.6 Å². The van der Waals surface area contributed by atoms with Gasteiger partial charge in [0.05, 0.1) is 18.8 Å². The zero-order chi connectivity index (χ0) is 20.5. The van der Waals surface area contributed by atoms with E-state index in [-0.39, 0.29) is 30.6 Å². The van der Waals surface area contributed by atoms with Crippen LogP contribution in [0.3, 0.4) is 0 Å². The molecule has 0 spiro atoms. The molecule has 0 aliphatic carbocycles. The highest BCUT2D eigenvalue weighted by atomic mass is 16.5. The molecule has 1 aromatic rings. The molecule has 2 rings (SSSR count). The lowest BCUT2D eigenvalue weighted by Crippen LogP contribution is -2.44. The van der Waals surface area contributed by atoms with Gasteiger partial charge in [-0.2, -0.15) is 0 Å². The Kier molecular flexibility index (Phi) is 8.93. The molecule has 0 aromatic heterocycles. The maximum Gasteiger partial charge on any atom is 0.239 e. The number of hydrogen-bond donors (Lipinski definition) is 2. The highest BCUT2D eigenvalue weighted by molar-refractivity contribution is 5.84. The number of benzene rings is 1. The molecular formula is C22H35N3O3. The number of amides is 2. The third kappa shape index (κ3) is 8.40. The molecule has 2 atom stereocenters. The van der Waals surface area contributed by atoms with Crippen LogP contribution in [0.15, 0.2) is 24.3 Å². The third-order valence-electron chi connectivity index (χ3n) is 4.81. The minimum Gasteiger partial charge on any atom is -0.373 e. The van der Waals surface area contributed by atoms with Gasteiger partial charge in [0.1, 0.15) is 0 Å². The van der Waals surface area contributed by atoms with Gasteiger partial charge in [-0.25, -0.2) is 0 Å². The first-order valence-electron chi connectivity index (χ1n) is 10.3. The lowest BCUT2D eigenvalue weighted by Gasteiger charge is -2.35. The number of nitrogens with zero attached hydrogens (tertiary/aromatic N) is 1. The molecule has 1 aliphatic heterocycles. The lowest BCUT2D eigenvalue weighted by molar-refractivity contribution is -0.126. The predicted octanol–water partition coefficient (Wildman–Crippen LogP) is 2.46. The van der Waals surface area contributed by atoms with E-state index in [1.807, 2.05) is 12.1 Å². The van der Waals surface area contributed by atoms with E-state index < -0.39 is 0 Å². The Hall–Kier alpha value is -1.92. The second-order valence-corrected chi connectivity index (χ2v) is 8.25. The average molecular weight is 390 g/mol. The average Bonchev–Trinajstić information content (AvgIpc) is 2.63. The molecule has 0 bridgehead atoms. The zero-order valence-electron chi connectivity index (χ0n) is 17.7. The van der Waals surface area contributed by atoms with E-state index >= 15 is 0 Å². The van der Waals surface area contributed by atoms with Crippen molar-refractivity contribution >= 4 is 11.8 Å². The molecule has 156 valence electrons. The van der Waals surface area contributed by atoms with Crippen molar-refractivity contribution in [2.75, 3.05) is 19.6 Å². The van der Waals surface area contributed by atoms with Crippen LogP contribution in [-0.4, -0.2) is 48.6 Å². The van der Waals surface area contributed by atoms with Crippen molar-refractivity contribution in [3.63, 3.8) is 0 Å². The fourth-order valence-electron chi connectivity index (χ4n) is 3.38. The van der Waals surface area contributed by atoms with Crippen LogP contribution in [0.2, 0.25) is 0 Å². The van der Waals surface area contributed by atoms with Crippen LogP contribution >= 0.6 is 0 Å². The third-order valence-corrected chi connectivity index (χ3v) is 4.81. The minimum absolute atomic E-state index is 0.0302. The van der Waals surface area contributed by atoms with Crippen molar-refractivity contribution in [1.82, 2.24) is 15.5 Å². The number of carbonyl (C=O) groups is 2. The second-order valence-electron chi connectivity index (χ2n) is 8.25. The van der Waals surface area contributed by atoms with E-state index in [1.54, 1.807) is 0 Å². The molecule has 0 radical (unpaired) electrons. The van der Waals surface area contributed by atoms with Gasteiger partial charge in [0.2, 0.25) is 11.8 Å². The highest BCUT2D eigenvalue weighted by Crippen LogP contribution is 2.14. The maximum absolute atomic E-state index is 11.9. The van der Waals surface area contributed by atoms with Gasteiger partial charge >= 0.3 is 0 Å². The molecule has 1 heterocycles. The van der Waals surface area contributed by atoms with Gasteiger partial charge in [-0.15, -0.1) is 0 Å². The van der Waals surface area contributed by atoms with Crippen molar-refractivity contribution in [2.45, 2.75) is 65.8 Å². The number of ether oxygens (including phenoxy) is 1. The molecule has 0 saturated carbocycles. The fraction of sp³-hybridized carbons (Fsp3) is 0.636. The van der Waals surface area contributed by atoms with E-state index in [0.29, 0.717) is 18.9 Å². The molecule has 2 amide bonds. The second kappa shape index (κ2) is 11.2. The Morgan fingerprint density at radius 1 is 1.04 bits per heavy atom. The summed E-state index contributed by atoms with van der Waals surface area (Å²) in [6, 6.07) is 8.31. The quantitative estimate of drug-likeness (QED) is 0.681.